The molecule has 1 aromatic heterocycles. The number of rotatable bonds is 5. The van der Waals surface area contributed by atoms with Crippen molar-refractivity contribution < 1.29 is 14.3 Å². The molecule has 4 aromatic rings. The number of benzene rings is 3. The Morgan fingerprint density at radius 1 is 1.00 bits per heavy atom. The third kappa shape index (κ3) is 3.80. The van der Waals surface area contributed by atoms with Crippen LogP contribution in [0.15, 0.2) is 71.5 Å². The number of aromatic nitrogens is 2. The summed E-state index contributed by atoms with van der Waals surface area (Å²) in [4.78, 5) is 35.1. The third-order valence-corrected chi connectivity index (χ3v) is 5.48. The first-order valence-corrected chi connectivity index (χ1v) is 10.3. The number of para-hydroxylation sites is 1. The summed E-state index contributed by atoms with van der Waals surface area (Å²) in [6, 6.07) is 20.2. The fourth-order valence-electron chi connectivity index (χ4n) is 3.83. The molecule has 0 aliphatic carbocycles. The van der Waals surface area contributed by atoms with Gasteiger partial charge in [0.1, 0.15) is 5.82 Å². The van der Waals surface area contributed by atoms with Crippen LogP contribution in [0.25, 0.3) is 10.9 Å². The molecule has 2 heterocycles. The van der Waals surface area contributed by atoms with Crippen LogP contribution in [0.5, 0.6) is 11.5 Å². The fraction of sp³-hybridized carbons (Fsp3) is 0.160. The quantitative estimate of drug-likeness (QED) is 0.524. The number of hydrogen-bond acceptors (Lipinski definition) is 5. The van der Waals surface area contributed by atoms with E-state index in [0.29, 0.717) is 40.3 Å². The Morgan fingerprint density at radius 2 is 1.78 bits per heavy atom. The summed E-state index contributed by atoms with van der Waals surface area (Å²) in [5.74, 6) is 1.63. The number of aryl methyl sites for hydroxylation is 1. The molecular weight excluding hydrogens is 406 g/mol. The van der Waals surface area contributed by atoms with Crippen molar-refractivity contribution >= 4 is 16.8 Å². The topological polar surface area (TPSA) is 84.5 Å². The second-order valence-electron chi connectivity index (χ2n) is 7.69. The lowest BCUT2D eigenvalue weighted by molar-refractivity contribution is 0.0724. The molecule has 1 aliphatic heterocycles. The van der Waals surface area contributed by atoms with Gasteiger partial charge in [0.25, 0.3) is 11.5 Å². The molecule has 0 spiro atoms. The minimum Gasteiger partial charge on any atom is -0.454 e. The number of fused-ring (bicyclic) bond motifs is 2. The predicted octanol–water partition coefficient (Wildman–Crippen LogP) is 3.80. The second kappa shape index (κ2) is 8.19. The lowest BCUT2D eigenvalue weighted by atomic mass is 10.1. The number of carbonyl (C=O) groups is 1. The summed E-state index contributed by atoms with van der Waals surface area (Å²) in [6.45, 7) is 2.57. The molecule has 0 saturated heterocycles. The van der Waals surface area contributed by atoms with Crippen molar-refractivity contribution in [2.75, 3.05) is 6.79 Å². The van der Waals surface area contributed by atoms with Gasteiger partial charge in [-0.1, -0.05) is 36.4 Å². The highest BCUT2D eigenvalue weighted by Gasteiger charge is 2.21. The van der Waals surface area contributed by atoms with Crippen LogP contribution in [0.1, 0.15) is 27.3 Å². The maximum atomic E-state index is 13.5. The lowest BCUT2D eigenvalue weighted by Crippen LogP contribution is -2.32. The van der Waals surface area contributed by atoms with E-state index in [0.717, 1.165) is 11.1 Å². The van der Waals surface area contributed by atoms with Gasteiger partial charge in [-0.25, -0.2) is 4.98 Å². The van der Waals surface area contributed by atoms with Crippen LogP contribution in [-0.4, -0.2) is 27.6 Å². The number of aromatic amines is 1. The van der Waals surface area contributed by atoms with Gasteiger partial charge in [-0.3, -0.25) is 9.59 Å². The number of nitrogens with zero attached hydrogens (tertiary/aromatic N) is 2. The zero-order valence-corrected chi connectivity index (χ0v) is 17.5. The molecule has 1 aliphatic rings. The van der Waals surface area contributed by atoms with E-state index in [1.807, 2.05) is 49.4 Å². The molecule has 32 heavy (non-hydrogen) atoms. The highest BCUT2D eigenvalue weighted by molar-refractivity contribution is 5.95. The standard InChI is InChI=1S/C25H21N3O4/c1-16-6-2-3-7-18(16)25(30)28(13-17-10-11-21-22(12-17)32-15-31-21)14-23-26-20-9-5-4-8-19(20)24(29)27-23/h2-12H,13-15H2,1H3,(H,26,27,29). The van der Waals surface area contributed by atoms with E-state index in [1.165, 1.54) is 0 Å². The monoisotopic (exact) mass is 427 g/mol. The summed E-state index contributed by atoms with van der Waals surface area (Å²) < 4.78 is 10.9. The van der Waals surface area contributed by atoms with Crippen molar-refractivity contribution in [3.8, 4) is 11.5 Å². The van der Waals surface area contributed by atoms with Gasteiger partial charge < -0.3 is 19.4 Å². The fourth-order valence-corrected chi connectivity index (χ4v) is 3.83. The Labute approximate surface area is 184 Å². The first-order chi connectivity index (χ1) is 15.6. The van der Waals surface area contributed by atoms with E-state index in [1.54, 1.807) is 29.2 Å². The number of ether oxygens (including phenoxy) is 2. The Bertz CT molecular complexity index is 1380. The molecule has 0 saturated carbocycles. The van der Waals surface area contributed by atoms with Crippen LogP contribution >= 0.6 is 0 Å². The van der Waals surface area contributed by atoms with Crippen LogP contribution in [0.4, 0.5) is 0 Å². The van der Waals surface area contributed by atoms with Crippen molar-refractivity contribution in [2.45, 2.75) is 20.0 Å². The Kier molecular flexibility index (Phi) is 5.07. The van der Waals surface area contributed by atoms with Gasteiger partial charge in [0.15, 0.2) is 11.5 Å². The van der Waals surface area contributed by atoms with E-state index < -0.39 is 0 Å². The molecule has 7 heteroatoms. The van der Waals surface area contributed by atoms with E-state index >= 15 is 0 Å². The lowest BCUT2D eigenvalue weighted by Gasteiger charge is -2.23. The Hall–Kier alpha value is -4.13. The van der Waals surface area contributed by atoms with Crippen LogP contribution < -0.4 is 15.0 Å². The number of H-pyrrole nitrogens is 1. The van der Waals surface area contributed by atoms with Gasteiger partial charge in [-0.15, -0.1) is 0 Å². The summed E-state index contributed by atoms with van der Waals surface area (Å²) in [7, 11) is 0. The average molecular weight is 427 g/mol. The highest BCUT2D eigenvalue weighted by atomic mass is 16.7. The number of carbonyl (C=O) groups excluding carboxylic acids is 1. The normalized spacial score (nSPS) is 12.2. The van der Waals surface area contributed by atoms with Gasteiger partial charge in [0, 0.05) is 12.1 Å². The molecule has 0 radical (unpaired) electrons. The number of amides is 1. The molecule has 3 aromatic carbocycles. The summed E-state index contributed by atoms with van der Waals surface area (Å²) in [6.07, 6.45) is 0. The molecule has 7 nitrogen and oxygen atoms in total. The van der Waals surface area contributed by atoms with Gasteiger partial charge in [0.05, 0.1) is 17.4 Å². The zero-order chi connectivity index (χ0) is 22.1. The van der Waals surface area contributed by atoms with E-state index in [4.69, 9.17) is 9.47 Å². The summed E-state index contributed by atoms with van der Waals surface area (Å²) in [5.41, 5.74) is 2.75. The predicted molar refractivity (Wildman–Crippen MR) is 120 cm³/mol. The highest BCUT2D eigenvalue weighted by Crippen LogP contribution is 2.33. The van der Waals surface area contributed by atoms with Crippen LogP contribution in [0.2, 0.25) is 0 Å². The largest absolute Gasteiger partial charge is 0.454 e. The van der Waals surface area contributed by atoms with Gasteiger partial charge >= 0.3 is 0 Å². The second-order valence-corrected chi connectivity index (χ2v) is 7.69. The minimum atomic E-state index is -0.225. The molecule has 0 atom stereocenters. The molecule has 1 N–H and O–H groups in total. The van der Waals surface area contributed by atoms with E-state index in [9.17, 15) is 9.59 Å². The maximum absolute atomic E-state index is 13.5. The minimum absolute atomic E-state index is 0.142. The van der Waals surface area contributed by atoms with Crippen molar-refractivity contribution in [2.24, 2.45) is 0 Å². The molecular formula is C25H21N3O4. The summed E-state index contributed by atoms with van der Waals surface area (Å²) in [5, 5.41) is 0.517. The van der Waals surface area contributed by atoms with Crippen LogP contribution in [0, 0.1) is 6.92 Å². The van der Waals surface area contributed by atoms with Crippen molar-refractivity contribution in [1.82, 2.24) is 14.9 Å². The molecule has 5 rings (SSSR count). The van der Waals surface area contributed by atoms with E-state index in [-0.39, 0.29) is 24.8 Å². The van der Waals surface area contributed by atoms with Crippen molar-refractivity contribution in [3.05, 3.63) is 99.6 Å². The molecule has 0 fully saturated rings. The van der Waals surface area contributed by atoms with Crippen LogP contribution in [0.3, 0.4) is 0 Å². The van der Waals surface area contributed by atoms with Crippen molar-refractivity contribution in [1.29, 1.82) is 0 Å². The molecule has 0 unspecified atom stereocenters. The van der Waals surface area contributed by atoms with Crippen LogP contribution in [-0.2, 0) is 13.1 Å². The maximum Gasteiger partial charge on any atom is 0.258 e. The number of hydrogen-bond donors (Lipinski definition) is 1. The average Bonchev–Trinajstić information content (AvgIpc) is 3.26. The third-order valence-electron chi connectivity index (χ3n) is 5.48. The molecule has 0 bridgehead atoms. The molecule has 1 amide bonds. The smallest absolute Gasteiger partial charge is 0.258 e. The Balaban J connectivity index is 1.51. The van der Waals surface area contributed by atoms with Crippen molar-refractivity contribution in [3.63, 3.8) is 0 Å². The zero-order valence-electron chi connectivity index (χ0n) is 17.5. The molecule has 160 valence electrons. The first-order valence-electron chi connectivity index (χ1n) is 10.3. The van der Waals surface area contributed by atoms with Gasteiger partial charge in [-0.2, -0.15) is 0 Å². The van der Waals surface area contributed by atoms with Gasteiger partial charge in [-0.05, 0) is 48.4 Å². The summed E-state index contributed by atoms with van der Waals surface area (Å²) >= 11 is 0. The van der Waals surface area contributed by atoms with Gasteiger partial charge in [0.2, 0.25) is 6.79 Å². The first kappa shape index (κ1) is 19.8. The van der Waals surface area contributed by atoms with E-state index in [2.05, 4.69) is 9.97 Å². The Morgan fingerprint density at radius 3 is 2.66 bits per heavy atom. The number of nitrogens with one attached hydrogen (secondary N) is 1. The SMILES string of the molecule is Cc1ccccc1C(=O)N(Cc1ccc2c(c1)OCO2)Cc1nc2ccccc2c(=O)[nH]1.